The Morgan fingerprint density at radius 2 is 1.94 bits per heavy atom. The van der Waals surface area contributed by atoms with Crippen LogP contribution in [0.2, 0.25) is 0 Å². The summed E-state index contributed by atoms with van der Waals surface area (Å²) in [4.78, 5) is 31.3. The summed E-state index contributed by atoms with van der Waals surface area (Å²) in [7, 11) is 0. The van der Waals surface area contributed by atoms with Crippen LogP contribution in [0.4, 0.5) is 5.82 Å². The fraction of sp³-hybridized carbons (Fsp3) is 0.280. The summed E-state index contributed by atoms with van der Waals surface area (Å²) >= 11 is 0. The number of aryl methyl sites for hydroxylation is 1. The third kappa shape index (κ3) is 3.49. The Bertz CT molecular complexity index is 1390. The molecule has 7 nitrogen and oxygen atoms in total. The summed E-state index contributed by atoms with van der Waals surface area (Å²) < 4.78 is 3.46. The number of hydrogen-bond acceptors (Lipinski definition) is 4. The molecule has 0 spiro atoms. The quantitative estimate of drug-likeness (QED) is 0.386. The van der Waals surface area contributed by atoms with Crippen LogP contribution >= 0.6 is 0 Å². The van der Waals surface area contributed by atoms with Crippen LogP contribution in [0.1, 0.15) is 53.2 Å². The van der Waals surface area contributed by atoms with Crippen molar-refractivity contribution < 1.29 is 9.36 Å². The van der Waals surface area contributed by atoms with Gasteiger partial charge in [0.25, 0.3) is 17.1 Å². The topological polar surface area (TPSA) is 93.4 Å². The zero-order valence-electron chi connectivity index (χ0n) is 18.0. The number of aromatic nitrogens is 3. The van der Waals surface area contributed by atoms with Crippen molar-refractivity contribution in [2.24, 2.45) is 0 Å². The third-order valence-corrected chi connectivity index (χ3v) is 6.27. The summed E-state index contributed by atoms with van der Waals surface area (Å²) in [5.74, 6) is 0.0621. The van der Waals surface area contributed by atoms with E-state index in [1.807, 2.05) is 54.0 Å². The summed E-state index contributed by atoms with van der Waals surface area (Å²) in [5, 5.41) is 3.34. The van der Waals surface area contributed by atoms with E-state index in [1.54, 1.807) is 16.7 Å². The van der Waals surface area contributed by atoms with Gasteiger partial charge >= 0.3 is 0 Å². The van der Waals surface area contributed by atoms with E-state index in [1.165, 1.54) is 0 Å². The van der Waals surface area contributed by atoms with Gasteiger partial charge in [-0.3, -0.25) is 14.0 Å². The fourth-order valence-electron chi connectivity index (χ4n) is 4.61. The van der Waals surface area contributed by atoms with Gasteiger partial charge in [0.1, 0.15) is 10.9 Å². The number of nitrogen functional groups attached to an aromatic ring is 1. The van der Waals surface area contributed by atoms with E-state index < -0.39 is 0 Å². The molecule has 4 aromatic rings. The lowest BCUT2D eigenvalue weighted by Crippen LogP contribution is -2.45. The molecule has 32 heavy (non-hydrogen) atoms. The maximum atomic E-state index is 13.4. The van der Waals surface area contributed by atoms with Gasteiger partial charge in [-0.1, -0.05) is 41.4 Å². The highest BCUT2D eigenvalue weighted by Gasteiger charge is 2.30. The van der Waals surface area contributed by atoms with Crippen molar-refractivity contribution >= 4 is 28.4 Å². The van der Waals surface area contributed by atoms with Crippen molar-refractivity contribution in [1.82, 2.24) is 14.7 Å². The highest BCUT2D eigenvalue weighted by atomic mass is 16.1. The van der Waals surface area contributed by atoms with Crippen molar-refractivity contribution in [1.29, 1.82) is 0 Å². The summed E-state index contributed by atoms with van der Waals surface area (Å²) in [6, 6.07) is 15.2. The molecule has 5 rings (SSSR count). The van der Waals surface area contributed by atoms with Crippen molar-refractivity contribution in [3.05, 3.63) is 81.8 Å². The van der Waals surface area contributed by atoms with E-state index in [0.717, 1.165) is 36.8 Å². The molecular formula is C25H26N5O2+. The second-order valence-corrected chi connectivity index (χ2v) is 8.51. The maximum Gasteiger partial charge on any atom is 0.278 e. The first-order valence-corrected chi connectivity index (χ1v) is 11.0. The van der Waals surface area contributed by atoms with E-state index in [4.69, 9.17) is 10.7 Å². The van der Waals surface area contributed by atoms with Crippen molar-refractivity contribution in [3.8, 4) is 0 Å². The van der Waals surface area contributed by atoms with Gasteiger partial charge in [-0.2, -0.15) is 0 Å². The minimum atomic E-state index is -0.297. The lowest BCUT2D eigenvalue weighted by Gasteiger charge is -2.16. The summed E-state index contributed by atoms with van der Waals surface area (Å²) in [6.07, 6.45) is 5.86. The Morgan fingerprint density at radius 1 is 1.19 bits per heavy atom. The Kier molecular flexibility index (Phi) is 5.09. The zero-order valence-corrected chi connectivity index (χ0v) is 18.0. The van der Waals surface area contributed by atoms with E-state index in [2.05, 4.69) is 5.32 Å². The first-order chi connectivity index (χ1) is 15.5. The summed E-state index contributed by atoms with van der Waals surface area (Å²) in [5.41, 5.74) is 9.75. The van der Waals surface area contributed by atoms with Crippen LogP contribution in [-0.2, 0) is 6.54 Å². The van der Waals surface area contributed by atoms with Crippen molar-refractivity contribution in [2.75, 3.05) is 5.73 Å². The molecule has 1 fully saturated rings. The number of rotatable bonds is 4. The number of pyridine rings is 2. The van der Waals surface area contributed by atoms with E-state index >= 15 is 0 Å². The highest BCUT2D eigenvalue weighted by Crippen LogP contribution is 2.28. The van der Waals surface area contributed by atoms with E-state index in [0.29, 0.717) is 34.6 Å². The molecule has 0 aliphatic heterocycles. The molecule has 0 radical (unpaired) electrons. The molecule has 3 heterocycles. The van der Waals surface area contributed by atoms with Gasteiger partial charge in [-0.25, -0.2) is 4.57 Å². The molecule has 1 aromatic carbocycles. The molecule has 7 heteroatoms. The Balaban J connectivity index is 1.68. The average molecular weight is 429 g/mol. The van der Waals surface area contributed by atoms with Crippen LogP contribution in [0.5, 0.6) is 0 Å². The maximum absolute atomic E-state index is 13.4. The minimum absolute atomic E-state index is 0.124. The SMILES string of the molecule is Cc1ccc2nc3c(cc(C(=O)NCc4ccccc4)c(N)[n+]3C3CCCC3)c(=O)n2c1. The van der Waals surface area contributed by atoms with Gasteiger partial charge in [0.05, 0.1) is 6.04 Å². The van der Waals surface area contributed by atoms with Crippen LogP contribution in [0, 0.1) is 6.92 Å². The van der Waals surface area contributed by atoms with Crippen molar-refractivity contribution in [2.45, 2.75) is 45.2 Å². The Hall–Kier alpha value is -3.74. The lowest BCUT2D eigenvalue weighted by molar-refractivity contribution is -0.685. The van der Waals surface area contributed by atoms with Gasteiger partial charge in [-0.15, -0.1) is 0 Å². The van der Waals surface area contributed by atoms with Gasteiger partial charge in [0, 0.05) is 12.7 Å². The normalized spacial score (nSPS) is 14.3. The summed E-state index contributed by atoms with van der Waals surface area (Å²) in [6.45, 7) is 2.31. The number of fused-ring (bicyclic) bond motifs is 2. The number of carbonyl (C=O) groups is 1. The Labute approximate surface area is 185 Å². The largest absolute Gasteiger partial charge is 0.348 e. The van der Waals surface area contributed by atoms with Gasteiger partial charge in [0.2, 0.25) is 11.5 Å². The standard InChI is InChI=1S/C25H25N5O2/c1-16-11-12-21-28-23-20(25(32)29(21)15-16)13-19(22(26)30(23)18-9-5-6-10-18)24(31)27-14-17-7-3-2-4-8-17/h2-4,7-8,11-13,15,18,26H,5-6,9-10,14H2,1H3,(H,27,31)/p+1. The molecule has 1 aliphatic carbocycles. The minimum Gasteiger partial charge on any atom is -0.348 e. The monoisotopic (exact) mass is 428 g/mol. The van der Waals surface area contributed by atoms with Gasteiger partial charge in [0.15, 0.2) is 0 Å². The number of anilines is 1. The van der Waals surface area contributed by atoms with E-state index in [-0.39, 0.29) is 17.5 Å². The second kappa shape index (κ2) is 8.07. The predicted octanol–water partition coefficient (Wildman–Crippen LogP) is 3.07. The van der Waals surface area contributed by atoms with Crippen LogP contribution in [0.25, 0.3) is 16.7 Å². The first-order valence-electron chi connectivity index (χ1n) is 11.0. The number of nitrogens with zero attached hydrogens (tertiary/aromatic N) is 3. The molecule has 1 aliphatic rings. The average Bonchev–Trinajstić information content (AvgIpc) is 3.33. The van der Waals surface area contributed by atoms with Crippen LogP contribution in [0.15, 0.2) is 59.5 Å². The fourth-order valence-corrected chi connectivity index (χ4v) is 4.61. The van der Waals surface area contributed by atoms with Crippen LogP contribution in [-0.4, -0.2) is 15.3 Å². The second-order valence-electron chi connectivity index (χ2n) is 8.51. The number of carbonyl (C=O) groups excluding carboxylic acids is 1. The number of nitrogens with two attached hydrogens (primary N) is 1. The number of amides is 1. The zero-order chi connectivity index (χ0) is 22.2. The lowest BCUT2D eigenvalue weighted by atomic mass is 10.1. The molecule has 1 saturated carbocycles. The van der Waals surface area contributed by atoms with Crippen LogP contribution < -0.4 is 21.2 Å². The Morgan fingerprint density at radius 3 is 2.69 bits per heavy atom. The molecule has 3 N–H and O–H groups in total. The number of hydrogen-bond donors (Lipinski definition) is 2. The molecule has 0 atom stereocenters. The molecule has 0 saturated heterocycles. The number of benzene rings is 1. The smallest absolute Gasteiger partial charge is 0.278 e. The predicted molar refractivity (Wildman–Crippen MR) is 123 cm³/mol. The molecular weight excluding hydrogens is 402 g/mol. The van der Waals surface area contributed by atoms with Crippen molar-refractivity contribution in [3.63, 3.8) is 0 Å². The van der Waals surface area contributed by atoms with Gasteiger partial charge < -0.3 is 11.1 Å². The number of nitrogens with one attached hydrogen (secondary N) is 1. The molecule has 1 amide bonds. The third-order valence-electron chi connectivity index (χ3n) is 6.27. The van der Waals surface area contributed by atoms with Crippen LogP contribution in [0.3, 0.4) is 0 Å². The molecule has 3 aromatic heterocycles. The van der Waals surface area contributed by atoms with Gasteiger partial charge in [-0.05, 0) is 55.9 Å². The molecule has 0 bridgehead atoms. The van der Waals surface area contributed by atoms with E-state index in [9.17, 15) is 9.59 Å². The molecule has 162 valence electrons. The highest BCUT2D eigenvalue weighted by molar-refractivity contribution is 6.00. The molecule has 0 unspecified atom stereocenters. The first kappa shape index (κ1) is 20.2.